The van der Waals surface area contributed by atoms with E-state index in [9.17, 15) is 0 Å². The van der Waals surface area contributed by atoms with E-state index in [4.69, 9.17) is 0 Å². The Morgan fingerprint density at radius 3 is 2.75 bits per heavy atom. The summed E-state index contributed by atoms with van der Waals surface area (Å²) >= 11 is 0. The van der Waals surface area contributed by atoms with E-state index in [2.05, 4.69) is 53.2 Å². The van der Waals surface area contributed by atoms with Crippen LogP contribution in [0.1, 0.15) is 0 Å². The van der Waals surface area contributed by atoms with Crippen molar-refractivity contribution in [3.8, 4) is 0 Å². The predicted molar refractivity (Wildman–Crippen MR) is 68.9 cm³/mol. The van der Waals surface area contributed by atoms with Gasteiger partial charge in [-0.3, -0.25) is 4.63 Å². The van der Waals surface area contributed by atoms with Gasteiger partial charge in [-0.25, -0.2) is 0 Å². The van der Waals surface area contributed by atoms with Gasteiger partial charge in [0.2, 0.25) is 0 Å². The molecule has 0 amide bonds. The van der Waals surface area contributed by atoms with Gasteiger partial charge in [-0.1, -0.05) is 36.4 Å². The van der Waals surface area contributed by atoms with Crippen LogP contribution in [-0.4, -0.2) is 9.31 Å². The SMILES string of the molecule is c1ccc2c3c4c(cccc4cc2c1)N=[Si]3. The predicted octanol–water partition coefficient (Wildman–Crippen LogP) is 3.15. The van der Waals surface area contributed by atoms with Crippen molar-refractivity contribution >= 4 is 41.7 Å². The van der Waals surface area contributed by atoms with Gasteiger partial charge in [0.05, 0.1) is 5.69 Å². The lowest BCUT2D eigenvalue weighted by atomic mass is 10.0. The molecular formula is C14H8NSi. The zero-order valence-corrected chi connectivity index (χ0v) is 9.57. The second-order valence-corrected chi connectivity index (χ2v) is 5.02. The molecule has 1 radical (unpaired) electrons. The Morgan fingerprint density at radius 1 is 0.875 bits per heavy atom. The van der Waals surface area contributed by atoms with E-state index in [1.165, 1.54) is 26.7 Å². The van der Waals surface area contributed by atoms with Crippen LogP contribution in [0.5, 0.6) is 0 Å². The fourth-order valence-electron chi connectivity index (χ4n) is 2.43. The average molecular weight is 218 g/mol. The number of rotatable bonds is 0. The quantitative estimate of drug-likeness (QED) is 0.317. The Morgan fingerprint density at radius 2 is 1.75 bits per heavy atom. The molecule has 1 heterocycles. The van der Waals surface area contributed by atoms with Crippen LogP contribution in [0.4, 0.5) is 5.69 Å². The maximum absolute atomic E-state index is 4.62. The molecule has 0 fully saturated rings. The van der Waals surface area contributed by atoms with Gasteiger partial charge in [0, 0.05) is 5.39 Å². The Hall–Kier alpha value is -1.80. The van der Waals surface area contributed by atoms with Crippen LogP contribution in [-0.2, 0) is 0 Å². The molecule has 0 bridgehead atoms. The fraction of sp³-hybridized carbons (Fsp3) is 0. The minimum absolute atomic E-state index is 0.574. The fourth-order valence-corrected chi connectivity index (χ4v) is 3.58. The molecule has 4 rings (SSSR count). The second kappa shape index (κ2) is 2.86. The molecule has 0 N–H and O–H groups in total. The Bertz CT molecular complexity index is 759. The summed E-state index contributed by atoms with van der Waals surface area (Å²) in [6, 6.07) is 17.2. The zero-order valence-electron chi connectivity index (χ0n) is 8.57. The summed E-state index contributed by atoms with van der Waals surface area (Å²) in [4.78, 5) is 0. The van der Waals surface area contributed by atoms with Crippen molar-refractivity contribution in [2.45, 2.75) is 0 Å². The van der Waals surface area contributed by atoms with Gasteiger partial charge in [-0.15, -0.1) is 0 Å². The molecule has 0 aliphatic carbocycles. The third-order valence-corrected chi connectivity index (χ3v) is 4.25. The van der Waals surface area contributed by atoms with Crippen molar-refractivity contribution in [1.29, 1.82) is 0 Å². The summed E-state index contributed by atoms with van der Waals surface area (Å²) in [5.41, 5.74) is 1.16. The number of fused-ring (bicyclic) bond motifs is 2. The first-order valence-corrected chi connectivity index (χ1v) is 6.29. The van der Waals surface area contributed by atoms with E-state index in [1.54, 1.807) is 0 Å². The van der Waals surface area contributed by atoms with E-state index in [0.29, 0.717) is 9.31 Å². The summed E-state index contributed by atoms with van der Waals surface area (Å²) in [5, 5.41) is 6.79. The van der Waals surface area contributed by atoms with E-state index in [-0.39, 0.29) is 0 Å². The zero-order chi connectivity index (χ0) is 10.5. The van der Waals surface area contributed by atoms with Crippen molar-refractivity contribution in [2.75, 3.05) is 0 Å². The summed E-state index contributed by atoms with van der Waals surface area (Å²) in [7, 11) is 0.574. The van der Waals surface area contributed by atoms with Crippen LogP contribution >= 0.6 is 0 Å². The summed E-state index contributed by atoms with van der Waals surface area (Å²) < 4.78 is 4.62. The standard InChI is InChI=1S/C14H8NSi/c1-2-6-11-9(4-1)8-10-5-3-7-12-13(10)14(11)16-15-12/h1-8H. The van der Waals surface area contributed by atoms with Crippen molar-refractivity contribution in [1.82, 2.24) is 0 Å². The smallest absolute Gasteiger partial charge is 0.198 e. The average Bonchev–Trinajstić information content (AvgIpc) is 2.76. The lowest BCUT2D eigenvalue weighted by Gasteiger charge is -2.05. The van der Waals surface area contributed by atoms with Crippen LogP contribution in [0.2, 0.25) is 0 Å². The lowest BCUT2D eigenvalue weighted by Crippen LogP contribution is -2.06. The molecule has 73 valence electrons. The first-order chi connectivity index (χ1) is 7.93. The summed E-state index contributed by atoms with van der Waals surface area (Å²) in [6.45, 7) is 0. The minimum Gasteiger partial charge on any atom is -0.294 e. The van der Waals surface area contributed by atoms with Gasteiger partial charge in [-0.05, 0) is 33.5 Å². The largest absolute Gasteiger partial charge is 0.294 e. The normalized spacial score (nSPS) is 12.8. The van der Waals surface area contributed by atoms with E-state index < -0.39 is 0 Å². The van der Waals surface area contributed by atoms with Crippen molar-refractivity contribution in [3.05, 3.63) is 48.5 Å². The van der Waals surface area contributed by atoms with Gasteiger partial charge in [0.1, 0.15) is 0 Å². The molecule has 3 aromatic carbocycles. The third-order valence-electron chi connectivity index (χ3n) is 3.15. The first kappa shape index (κ1) is 8.36. The number of hydrogen-bond donors (Lipinski definition) is 0. The topological polar surface area (TPSA) is 12.4 Å². The Kier molecular flexibility index (Phi) is 1.49. The highest BCUT2D eigenvalue weighted by Gasteiger charge is 2.13. The molecular weight excluding hydrogens is 210 g/mol. The molecule has 0 aromatic heterocycles. The molecule has 1 nitrogen and oxygen atoms in total. The molecule has 2 heteroatoms. The van der Waals surface area contributed by atoms with Gasteiger partial charge < -0.3 is 0 Å². The van der Waals surface area contributed by atoms with Crippen molar-refractivity contribution in [3.63, 3.8) is 0 Å². The second-order valence-electron chi connectivity index (χ2n) is 4.07. The number of hydrogen-bond acceptors (Lipinski definition) is 1. The maximum atomic E-state index is 4.62. The van der Waals surface area contributed by atoms with Crippen molar-refractivity contribution in [2.24, 2.45) is 4.63 Å². The first-order valence-electron chi connectivity index (χ1n) is 5.35. The van der Waals surface area contributed by atoms with Crippen molar-refractivity contribution < 1.29 is 0 Å². The van der Waals surface area contributed by atoms with Crippen LogP contribution in [0.3, 0.4) is 0 Å². The van der Waals surface area contributed by atoms with Gasteiger partial charge in [0.25, 0.3) is 0 Å². The van der Waals surface area contributed by atoms with Crippen LogP contribution in [0.15, 0.2) is 53.2 Å². The van der Waals surface area contributed by atoms with E-state index >= 15 is 0 Å². The highest BCUT2D eigenvalue weighted by molar-refractivity contribution is 6.56. The lowest BCUT2D eigenvalue weighted by molar-refractivity contribution is 1.64. The number of benzene rings is 3. The molecule has 0 saturated heterocycles. The molecule has 0 spiro atoms. The van der Waals surface area contributed by atoms with Gasteiger partial charge in [-0.2, -0.15) is 0 Å². The molecule has 0 saturated carbocycles. The molecule has 1 aliphatic rings. The van der Waals surface area contributed by atoms with E-state index in [1.807, 2.05) is 0 Å². The summed E-state index contributed by atoms with van der Waals surface area (Å²) in [5.74, 6) is 0. The highest BCUT2D eigenvalue weighted by atomic mass is 28.2. The molecule has 3 aromatic rings. The van der Waals surface area contributed by atoms with Gasteiger partial charge in [0.15, 0.2) is 9.31 Å². The minimum atomic E-state index is 0.574. The third kappa shape index (κ3) is 0.946. The van der Waals surface area contributed by atoms with Gasteiger partial charge >= 0.3 is 0 Å². The Balaban J connectivity index is 2.38. The molecule has 16 heavy (non-hydrogen) atoms. The monoisotopic (exact) mass is 218 g/mol. The molecule has 0 atom stereocenters. The van der Waals surface area contributed by atoms with E-state index in [0.717, 1.165) is 5.69 Å². The van der Waals surface area contributed by atoms with Crippen LogP contribution in [0.25, 0.3) is 21.5 Å². The molecule has 1 aliphatic heterocycles. The van der Waals surface area contributed by atoms with Crippen LogP contribution < -0.4 is 5.19 Å². The highest BCUT2D eigenvalue weighted by Crippen LogP contribution is 2.30. The maximum Gasteiger partial charge on any atom is 0.198 e. The number of nitrogens with zero attached hydrogens (tertiary/aromatic N) is 1. The molecule has 0 unspecified atom stereocenters. The summed E-state index contributed by atoms with van der Waals surface area (Å²) in [6.07, 6.45) is 0. The van der Waals surface area contributed by atoms with Crippen LogP contribution in [0, 0.1) is 0 Å². The Labute approximate surface area is 95.3 Å².